The molecule has 0 bridgehead atoms. The van der Waals surface area contributed by atoms with Crippen LogP contribution in [0.15, 0.2) is 116 Å². The molecular formula is C31H26N4O. The van der Waals surface area contributed by atoms with Crippen molar-refractivity contribution in [2.45, 2.75) is 12.3 Å². The molecular weight excluding hydrogens is 444 g/mol. The van der Waals surface area contributed by atoms with Gasteiger partial charge in [-0.2, -0.15) is 0 Å². The van der Waals surface area contributed by atoms with E-state index in [1.165, 1.54) is 21.9 Å². The van der Waals surface area contributed by atoms with E-state index in [0.717, 1.165) is 34.4 Å². The van der Waals surface area contributed by atoms with Crippen LogP contribution in [0.4, 0.5) is 16.2 Å². The first-order valence-electron chi connectivity index (χ1n) is 12.1. The molecule has 0 saturated carbocycles. The van der Waals surface area contributed by atoms with Crippen molar-refractivity contribution in [1.82, 2.24) is 9.97 Å². The third kappa shape index (κ3) is 4.23. The summed E-state index contributed by atoms with van der Waals surface area (Å²) in [5.41, 5.74) is 7.33. The van der Waals surface area contributed by atoms with Gasteiger partial charge >= 0.3 is 6.03 Å². The van der Waals surface area contributed by atoms with Crippen molar-refractivity contribution in [2.75, 3.05) is 10.6 Å². The Bertz CT molecular complexity index is 1570. The summed E-state index contributed by atoms with van der Waals surface area (Å²) in [4.78, 5) is 19.7. The van der Waals surface area contributed by atoms with Gasteiger partial charge in [0.25, 0.3) is 0 Å². The lowest BCUT2D eigenvalue weighted by molar-refractivity contribution is 0.262. The monoisotopic (exact) mass is 470 g/mol. The third-order valence-electron chi connectivity index (χ3n) is 6.71. The molecule has 176 valence electrons. The first-order chi connectivity index (χ1) is 17.8. The molecule has 2 amide bonds. The molecule has 5 heteroatoms. The summed E-state index contributed by atoms with van der Waals surface area (Å²) >= 11 is 0. The average Bonchev–Trinajstić information content (AvgIpc) is 3.54. The van der Waals surface area contributed by atoms with Crippen LogP contribution in [0.3, 0.4) is 0 Å². The number of fused-ring (bicyclic) bond motifs is 2. The van der Waals surface area contributed by atoms with E-state index in [1.807, 2.05) is 60.7 Å². The normalized spacial score (nSPS) is 11.2. The number of amides is 2. The Morgan fingerprint density at radius 3 is 1.86 bits per heavy atom. The van der Waals surface area contributed by atoms with E-state index in [-0.39, 0.29) is 11.9 Å². The molecule has 6 aromatic rings. The molecule has 2 heterocycles. The van der Waals surface area contributed by atoms with Gasteiger partial charge in [0.05, 0.1) is 0 Å². The first-order valence-corrected chi connectivity index (χ1v) is 12.1. The van der Waals surface area contributed by atoms with Gasteiger partial charge in [0.15, 0.2) is 0 Å². The SMILES string of the molecule is O=C(Nc1ccccc1)Nc1ccccc1CC(c1c[nH]c2ccccc12)c1c[nH]c2ccccc12. The Morgan fingerprint density at radius 2 is 1.19 bits per heavy atom. The van der Waals surface area contributed by atoms with Gasteiger partial charge in [-0.05, 0) is 53.4 Å². The van der Waals surface area contributed by atoms with Crippen molar-refractivity contribution in [3.05, 3.63) is 132 Å². The van der Waals surface area contributed by atoms with E-state index in [9.17, 15) is 4.79 Å². The number of aromatic amines is 2. The Morgan fingerprint density at radius 1 is 0.639 bits per heavy atom. The molecule has 5 nitrogen and oxygen atoms in total. The van der Waals surface area contributed by atoms with Gasteiger partial charge in [0.2, 0.25) is 0 Å². The minimum atomic E-state index is -0.260. The van der Waals surface area contributed by atoms with E-state index in [2.05, 4.69) is 75.5 Å². The minimum Gasteiger partial charge on any atom is -0.361 e. The third-order valence-corrected chi connectivity index (χ3v) is 6.71. The van der Waals surface area contributed by atoms with Gasteiger partial charge in [-0.3, -0.25) is 0 Å². The topological polar surface area (TPSA) is 72.7 Å². The highest BCUT2D eigenvalue weighted by Gasteiger charge is 2.23. The summed E-state index contributed by atoms with van der Waals surface area (Å²) in [5.74, 6) is 0.0810. The second-order valence-electron chi connectivity index (χ2n) is 8.94. The summed E-state index contributed by atoms with van der Waals surface area (Å²) in [7, 11) is 0. The molecule has 0 fully saturated rings. The summed E-state index contributed by atoms with van der Waals surface area (Å²) in [6.45, 7) is 0. The van der Waals surface area contributed by atoms with Crippen molar-refractivity contribution in [1.29, 1.82) is 0 Å². The smallest absolute Gasteiger partial charge is 0.323 e. The number of hydrogen-bond donors (Lipinski definition) is 4. The lowest BCUT2D eigenvalue weighted by atomic mass is 9.85. The highest BCUT2D eigenvalue weighted by Crippen LogP contribution is 2.38. The molecule has 0 unspecified atom stereocenters. The van der Waals surface area contributed by atoms with E-state index < -0.39 is 0 Å². The van der Waals surface area contributed by atoms with Crippen LogP contribution in [-0.2, 0) is 6.42 Å². The molecule has 6 rings (SSSR count). The van der Waals surface area contributed by atoms with E-state index in [1.54, 1.807) is 0 Å². The molecule has 0 aliphatic carbocycles. The zero-order valence-electron chi connectivity index (χ0n) is 19.7. The highest BCUT2D eigenvalue weighted by molar-refractivity contribution is 6.00. The summed E-state index contributed by atoms with van der Waals surface area (Å²) < 4.78 is 0. The van der Waals surface area contributed by atoms with E-state index >= 15 is 0 Å². The van der Waals surface area contributed by atoms with Gasteiger partial charge < -0.3 is 20.6 Å². The number of anilines is 2. The minimum absolute atomic E-state index is 0.0810. The zero-order chi connectivity index (χ0) is 24.3. The van der Waals surface area contributed by atoms with Crippen LogP contribution in [-0.4, -0.2) is 16.0 Å². The fourth-order valence-electron chi connectivity index (χ4n) is 5.00. The number of nitrogens with one attached hydrogen (secondary N) is 4. The molecule has 0 aliphatic heterocycles. The summed E-state index contributed by atoms with van der Waals surface area (Å²) in [6.07, 6.45) is 4.97. The van der Waals surface area contributed by atoms with Gasteiger partial charge in [0, 0.05) is 51.5 Å². The van der Waals surface area contributed by atoms with Crippen molar-refractivity contribution in [3.63, 3.8) is 0 Å². The Hall–Kier alpha value is -4.77. The standard InChI is InChI=1S/C31H26N4O/c36-31(34-22-11-2-1-3-12-22)35-28-15-7-4-10-21(28)18-25(26-19-32-29-16-8-5-13-23(26)29)27-20-33-30-17-9-6-14-24(27)30/h1-17,19-20,25,32-33H,18H2,(H2,34,35,36). The Labute approximate surface area is 209 Å². The van der Waals surface area contributed by atoms with Crippen molar-refractivity contribution in [3.8, 4) is 0 Å². The summed E-state index contributed by atoms with van der Waals surface area (Å²) in [6, 6.07) is 34.0. The number of benzene rings is 4. The van der Waals surface area contributed by atoms with Gasteiger partial charge in [-0.25, -0.2) is 4.79 Å². The van der Waals surface area contributed by atoms with Crippen LogP contribution in [0.2, 0.25) is 0 Å². The molecule has 0 spiro atoms. The predicted octanol–water partition coefficient (Wildman–Crippen LogP) is 7.67. The fraction of sp³-hybridized carbons (Fsp3) is 0.0645. The number of urea groups is 1. The van der Waals surface area contributed by atoms with Gasteiger partial charge in [-0.15, -0.1) is 0 Å². The number of rotatable bonds is 6. The second-order valence-corrected chi connectivity index (χ2v) is 8.94. The van der Waals surface area contributed by atoms with Gasteiger partial charge in [-0.1, -0.05) is 72.8 Å². The number of hydrogen-bond acceptors (Lipinski definition) is 1. The van der Waals surface area contributed by atoms with Crippen LogP contribution in [0.25, 0.3) is 21.8 Å². The van der Waals surface area contributed by atoms with Gasteiger partial charge in [0.1, 0.15) is 0 Å². The summed E-state index contributed by atoms with van der Waals surface area (Å²) in [5, 5.41) is 8.39. The highest BCUT2D eigenvalue weighted by atomic mass is 16.2. The van der Waals surface area contributed by atoms with E-state index in [4.69, 9.17) is 0 Å². The van der Waals surface area contributed by atoms with Crippen LogP contribution < -0.4 is 10.6 Å². The Balaban J connectivity index is 1.38. The van der Waals surface area contributed by atoms with Crippen LogP contribution >= 0.6 is 0 Å². The molecule has 36 heavy (non-hydrogen) atoms. The second kappa shape index (κ2) is 9.47. The molecule has 2 aromatic heterocycles. The zero-order valence-corrected chi connectivity index (χ0v) is 19.7. The number of carbonyl (C=O) groups is 1. The number of aromatic nitrogens is 2. The number of para-hydroxylation sites is 4. The number of H-pyrrole nitrogens is 2. The van der Waals surface area contributed by atoms with Crippen LogP contribution in [0.1, 0.15) is 22.6 Å². The predicted molar refractivity (Wildman–Crippen MR) is 148 cm³/mol. The Kier molecular flexibility index (Phi) is 5.72. The molecule has 4 aromatic carbocycles. The fourth-order valence-corrected chi connectivity index (χ4v) is 5.00. The molecule has 0 radical (unpaired) electrons. The maximum atomic E-state index is 12.8. The van der Waals surface area contributed by atoms with Crippen LogP contribution in [0, 0.1) is 0 Å². The lowest BCUT2D eigenvalue weighted by Gasteiger charge is -2.19. The van der Waals surface area contributed by atoms with Crippen molar-refractivity contribution < 1.29 is 4.79 Å². The molecule has 0 aliphatic rings. The molecule has 0 atom stereocenters. The molecule has 0 saturated heterocycles. The van der Waals surface area contributed by atoms with Crippen molar-refractivity contribution >= 4 is 39.2 Å². The van der Waals surface area contributed by atoms with Crippen LogP contribution in [0.5, 0.6) is 0 Å². The molecule has 4 N–H and O–H groups in total. The quantitative estimate of drug-likeness (QED) is 0.198. The lowest BCUT2D eigenvalue weighted by Crippen LogP contribution is -2.20. The van der Waals surface area contributed by atoms with Crippen molar-refractivity contribution in [2.24, 2.45) is 0 Å². The average molecular weight is 471 g/mol. The first kappa shape index (κ1) is 21.7. The number of carbonyl (C=O) groups excluding carboxylic acids is 1. The maximum absolute atomic E-state index is 12.8. The largest absolute Gasteiger partial charge is 0.361 e. The van der Waals surface area contributed by atoms with E-state index in [0.29, 0.717) is 0 Å². The maximum Gasteiger partial charge on any atom is 0.323 e.